The smallest absolute Gasteiger partial charge is 0.199 e. The Balaban J connectivity index is 3.38. The molecule has 0 aliphatic carbocycles. The Morgan fingerprint density at radius 1 is 1.31 bits per heavy atom. The van der Waals surface area contributed by atoms with Crippen LogP contribution in [-0.2, 0) is 5.41 Å². The first kappa shape index (κ1) is 10.3. The second-order valence-electron chi connectivity index (χ2n) is 4.27. The summed E-state index contributed by atoms with van der Waals surface area (Å²) in [6, 6.07) is 0. The van der Waals surface area contributed by atoms with E-state index in [1.807, 2.05) is 6.92 Å². The van der Waals surface area contributed by atoms with Gasteiger partial charge in [0.05, 0.1) is 0 Å². The summed E-state index contributed by atoms with van der Waals surface area (Å²) in [4.78, 5) is 0. The van der Waals surface area contributed by atoms with Gasteiger partial charge in [-0.15, -0.1) is 0 Å². The number of pyridine rings is 1. The van der Waals surface area contributed by atoms with E-state index in [-0.39, 0.29) is 5.41 Å². The Kier molecular flexibility index (Phi) is 2.53. The van der Waals surface area contributed by atoms with Crippen molar-refractivity contribution >= 4 is 11.6 Å². The van der Waals surface area contributed by atoms with Gasteiger partial charge in [-0.05, 0) is 17.9 Å². The van der Waals surface area contributed by atoms with Crippen molar-refractivity contribution < 1.29 is 4.73 Å². The van der Waals surface area contributed by atoms with Crippen LogP contribution in [0.15, 0.2) is 12.4 Å². The minimum absolute atomic E-state index is 0.0184. The Hall–Kier alpha value is -0.760. The minimum atomic E-state index is -0.0184. The Labute approximate surface area is 83.7 Å². The average molecular weight is 200 g/mol. The van der Waals surface area contributed by atoms with E-state index in [0.717, 1.165) is 15.9 Å². The van der Waals surface area contributed by atoms with E-state index in [1.54, 1.807) is 6.20 Å². The van der Waals surface area contributed by atoms with Gasteiger partial charge in [-0.2, -0.15) is 4.73 Å². The SMILES string of the molecule is Cc1c[n+]([O-])cc(Cl)c1C(C)(C)C. The number of halogens is 1. The molecular formula is C10H14ClNO. The topological polar surface area (TPSA) is 26.9 Å². The third-order valence-electron chi connectivity index (χ3n) is 1.94. The van der Waals surface area contributed by atoms with Crippen LogP contribution >= 0.6 is 11.6 Å². The summed E-state index contributed by atoms with van der Waals surface area (Å²) in [5.74, 6) is 0. The van der Waals surface area contributed by atoms with Gasteiger partial charge in [0.1, 0.15) is 5.02 Å². The van der Waals surface area contributed by atoms with Crippen molar-refractivity contribution in [2.24, 2.45) is 0 Å². The molecule has 0 aromatic carbocycles. The monoisotopic (exact) mass is 199 g/mol. The first-order chi connectivity index (χ1) is 5.82. The molecular weight excluding hydrogens is 186 g/mol. The first-order valence-corrected chi connectivity index (χ1v) is 4.59. The molecule has 0 aliphatic heterocycles. The van der Waals surface area contributed by atoms with Crippen LogP contribution in [-0.4, -0.2) is 0 Å². The van der Waals surface area contributed by atoms with Gasteiger partial charge < -0.3 is 5.21 Å². The molecule has 0 N–H and O–H groups in total. The van der Waals surface area contributed by atoms with E-state index < -0.39 is 0 Å². The highest BCUT2D eigenvalue weighted by molar-refractivity contribution is 6.31. The summed E-state index contributed by atoms with van der Waals surface area (Å²) >= 11 is 6.00. The molecule has 0 aliphatic rings. The zero-order valence-corrected chi connectivity index (χ0v) is 9.14. The van der Waals surface area contributed by atoms with Gasteiger partial charge in [-0.25, -0.2) is 0 Å². The fraction of sp³-hybridized carbons (Fsp3) is 0.500. The van der Waals surface area contributed by atoms with Crippen molar-refractivity contribution in [2.45, 2.75) is 33.1 Å². The summed E-state index contributed by atoms with van der Waals surface area (Å²) in [6.45, 7) is 8.14. The second kappa shape index (κ2) is 3.18. The summed E-state index contributed by atoms with van der Waals surface area (Å²) in [5.41, 5.74) is 1.96. The van der Waals surface area contributed by atoms with E-state index in [0.29, 0.717) is 5.02 Å². The molecule has 0 amide bonds. The highest BCUT2D eigenvalue weighted by atomic mass is 35.5. The summed E-state index contributed by atoms with van der Waals surface area (Å²) in [7, 11) is 0. The molecule has 3 heteroatoms. The molecule has 72 valence electrons. The number of hydrogen-bond donors (Lipinski definition) is 0. The highest BCUT2D eigenvalue weighted by Crippen LogP contribution is 2.30. The first-order valence-electron chi connectivity index (χ1n) is 4.22. The van der Waals surface area contributed by atoms with Crippen LogP contribution in [0, 0.1) is 12.1 Å². The number of aromatic nitrogens is 1. The maximum absolute atomic E-state index is 11.0. The number of nitrogens with zero attached hydrogens (tertiary/aromatic N) is 1. The molecule has 1 heterocycles. The van der Waals surface area contributed by atoms with E-state index in [1.165, 1.54) is 6.20 Å². The predicted octanol–water partition coefficient (Wildman–Crippen LogP) is 2.58. The van der Waals surface area contributed by atoms with E-state index in [9.17, 15) is 5.21 Å². The van der Waals surface area contributed by atoms with Gasteiger partial charge in [0.15, 0.2) is 12.4 Å². The third-order valence-corrected chi connectivity index (χ3v) is 2.23. The Morgan fingerprint density at radius 2 is 1.85 bits per heavy atom. The molecule has 0 unspecified atom stereocenters. The molecule has 0 radical (unpaired) electrons. The molecule has 0 saturated heterocycles. The van der Waals surface area contributed by atoms with Gasteiger partial charge in [0.25, 0.3) is 0 Å². The van der Waals surface area contributed by atoms with Gasteiger partial charge in [-0.3, -0.25) is 0 Å². The lowest BCUT2D eigenvalue weighted by Crippen LogP contribution is -2.28. The quantitative estimate of drug-likeness (QED) is 0.466. The second-order valence-corrected chi connectivity index (χ2v) is 4.68. The Morgan fingerprint density at radius 3 is 2.23 bits per heavy atom. The van der Waals surface area contributed by atoms with Crippen molar-refractivity contribution in [1.29, 1.82) is 0 Å². The van der Waals surface area contributed by atoms with Crippen LogP contribution in [0.2, 0.25) is 5.02 Å². The molecule has 1 aromatic rings. The average Bonchev–Trinajstić information content (AvgIpc) is 1.78. The van der Waals surface area contributed by atoms with Gasteiger partial charge >= 0.3 is 0 Å². The van der Waals surface area contributed by atoms with Crippen LogP contribution < -0.4 is 4.73 Å². The van der Waals surface area contributed by atoms with Crippen LogP contribution in [0.1, 0.15) is 31.9 Å². The molecule has 0 spiro atoms. The van der Waals surface area contributed by atoms with Gasteiger partial charge in [0.2, 0.25) is 0 Å². The fourth-order valence-corrected chi connectivity index (χ4v) is 2.14. The zero-order valence-electron chi connectivity index (χ0n) is 8.39. The maximum atomic E-state index is 11.0. The standard InChI is InChI=1S/C10H14ClNO/c1-7-5-12(13)6-8(11)9(7)10(2,3)4/h5-6H,1-4H3. The van der Waals surface area contributed by atoms with Crippen molar-refractivity contribution in [3.8, 4) is 0 Å². The van der Waals surface area contributed by atoms with Gasteiger partial charge in [0, 0.05) is 5.56 Å². The number of rotatable bonds is 0. The van der Waals surface area contributed by atoms with Crippen LogP contribution in [0.3, 0.4) is 0 Å². The molecule has 0 atom stereocenters. The summed E-state index contributed by atoms with van der Waals surface area (Å²) < 4.78 is 0.743. The molecule has 1 rings (SSSR count). The largest absolute Gasteiger partial charge is 0.619 e. The van der Waals surface area contributed by atoms with Crippen molar-refractivity contribution in [3.05, 3.63) is 33.8 Å². The van der Waals surface area contributed by atoms with Crippen molar-refractivity contribution in [3.63, 3.8) is 0 Å². The predicted molar refractivity (Wildman–Crippen MR) is 53.8 cm³/mol. The Bertz CT molecular complexity index is 305. The van der Waals surface area contributed by atoms with Crippen LogP contribution in [0.5, 0.6) is 0 Å². The molecule has 0 saturated carbocycles. The van der Waals surface area contributed by atoms with Crippen LogP contribution in [0.4, 0.5) is 0 Å². The normalized spacial score (nSPS) is 11.8. The molecule has 0 fully saturated rings. The summed E-state index contributed by atoms with van der Waals surface area (Å²) in [6.07, 6.45) is 2.95. The van der Waals surface area contributed by atoms with Crippen molar-refractivity contribution in [1.82, 2.24) is 0 Å². The van der Waals surface area contributed by atoms with E-state index >= 15 is 0 Å². The third kappa shape index (κ3) is 2.13. The summed E-state index contributed by atoms with van der Waals surface area (Å²) in [5, 5.41) is 11.6. The van der Waals surface area contributed by atoms with E-state index in [2.05, 4.69) is 20.8 Å². The molecule has 2 nitrogen and oxygen atoms in total. The van der Waals surface area contributed by atoms with E-state index in [4.69, 9.17) is 11.6 Å². The molecule has 0 bridgehead atoms. The number of hydrogen-bond acceptors (Lipinski definition) is 1. The lowest BCUT2D eigenvalue weighted by Gasteiger charge is -2.21. The molecule has 1 aromatic heterocycles. The fourth-order valence-electron chi connectivity index (χ4n) is 1.61. The number of aryl methyl sites for hydroxylation is 1. The zero-order chi connectivity index (χ0) is 10.2. The molecule has 13 heavy (non-hydrogen) atoms. The minimum Gasteiger partial charge on any atom is -0.619 e. The lowest BCUT2D eigenvalue weighted by molar-refractivity contribution is -0.605. The lowest BCUT2D eigenvalue weighted by atomic mass is 9.85. The van der Waals surface area contributed by atoms with Crippen molar-refractivity contribution in [2.75, 3.05) is 0 Å². The van der Waals surface area contributed by atoms with Gasteiger partial charge in [-0.1, -0.05) is 32.4 Å². The van der Waals surface area contributed by atoms with Crippen LogP contribution in [0.25, 0.3) is 0 Å². The maximum Gasteiger partial charge on any atom is 0.199 e. The highest BCUT2D eigenvalue weighted by Gasteiger charge is 2.22.